The number of hydrogen-bond acceptors (Lipinski definition) is 1. The number of benzene rings is 1. The molecule has 0 radical (unpaired) electrons. The highest BCUT2D eigenvalue weighted by atomic mass is 14.8. The molecule has 0 saturated carbocycles. The number of aryl methyl sites for hydroxylation is 2. The van der Waals surface area contributed by atoms with Gasteiger partial charge in [-0.1, -0.05) is 18.2 Å². The van der Waals surface area contributed by atoms with Crippen LogP contribution in [-0.4, -0.2) is 5.71 Å². The molecular weight excluding hydrogens is 170 g/mol. The number of aliphatic imine (C=N–C) groups is 1. The van der Waals surface area contributed by atoms with E-state index in [4.69, 9.17) is 0 Å². The van der Waals surface area contributed by atoms with E-state index in [0.29, 0.717) is 6.04 Å². The van der Waals surface area contributed by atoms with Gasteiger partial charge in [0, 0.05) is 5.71 Å². The van der Waals surface area contributed by atoms with Crippen LogP contribution in [0, 0.1) is 13.8 Å². The highest BCUT2D eigenvalue weighted by Crippen LogP contribution is 2.29. The summed E-state index contributed by atoms with van der Waals surface area (Å²) >= 11 is 0. The summed E-state index contributed by atoms with van der Waals surface area (Å²) in [6, 6.07) is 7.12. The van der Waals surface area contributed by atoms with Gasteiger partial charge in [-0.15, -0.1) is 0 Å². The first-order chi connectivity index (χ1) is 6.66. The molecule has 0 aliphatic carbocycles. The Labute approximate surface area is 85.9 Å². The van der Waals surface area contributed by atoms with Crippen molar-refractivity contribution in [3.63, 3.8) is 0 Å². The Kier molecular flexibility index (Phi) is 2.40. The molecule has 0 aromatic heterocycles. The van der Waals surface area contributed by atoms with Gasteiger partial charge in [-0.2, -0.15) is 0 Å². The molecule has 1 aliphatic heterocycles. The van der Waals surface area contributed by atoms with Crippen LogP contribution < -0.4 is 0 Å². The first-order valence-electron chi connectivity index (χ1n) is 5.27. The van der Waals surface area contributed by atoms with Gasteiger partial charge in [-0.05, 0) is 50.3 Å². The molecular formula is C13H17N. The lowest BCUT2D eigenvalue weighted by atomic mass is 10.00. The van der Waals surface area contributed by atoms with Crippen molar-refractivity contribution in [2.24, 2.45) is 4.99 Å². The zero-order chi connectivity index (χ0) is 10.1. The van der Waals surface area contributed by atoms with Gasteiger partial charge in [0.05, 0.1) is 6.04 Å². The van der Waals surface area contributed by atoms with Crippen molar-refractivity contribution in [2.45, 2.75) is 39.7 Å². The van der Waals surface area contributed by atoms with Crippen LogP contribution in [0.5, 0.6) is 0 Å². The summed E-state index contributed by atoms with van der Waals surface area (Å²) in [5, 5.41) is 0. The maximum Gasteiger partial charge on any atom is 0.0751 e. The van der Waals surface area contributed by atoms with Gasteiger partial charge >= 0.3 is 0 Å². The monoisotopic (exact) mass is 187 g/mol. The van der Waals surface area contributed by atoms with Crippen LogP contribution in [0.25, 0.3) is 0 Å². The second-order valence-corrected chi connectivity index (χ2v) is 4.26. The number of hydrogen-bond donors (Lipinski definition) is 0. The molecule has 1 unspecified atom stereocenters. The Hall–Kier alpha value is -1.11. The second kappa shape index (κ2) is 3.56. The molecule has 1 aliphatic rings. The molecule has 0 fully saturated rings. The van der Waals surface area contributed by atoms with Crippen LogP contribution in [-0.2, 0) is 0 Å². The molecule has 1 heterocycles. The summed E-state index contributed by atoms with van der Waals surface area (Å²) in [5.41, 5.74) is 5.42. The van der Waals surface area contributed by atoms with E-state index >= 15 is 0 Å². The van der Waals surface area contributed by atoms with Crippen LogP contribution in [0.4, 0.5) is 0 Å². The van der Waals surface area contributed by atoms with Crippen molar-refractivity contribution in [1.29, 1.82) is 0 Å². The fourth-order valence-corrected chi connectivity index (χ4v) is 1.95. The maximum atomic E-state index is 4.65. The van der Waals surface area contributed by atoms with Crippen molar-refractivity contribution in [2.75, 3.05) is 0 Å². The lowest BCUT2D eigenvalue weighted by Gasteiger charge is -2.09. The molecule has 1 aromatic carbocycles. The predicted molar refractivity (Wildman–Crippen MR) is 61.0 cm³/mol. The van der Waals surface area contributed by atoms with Crippen LogP contribution in [0.1, 0.15) is 42.5 Å². The van der Waals surface area contributed by atoms with Crippen molar-refractivity contribution in [1.82, 2.24) is 0 Å². The van der Waals surface area contributed by atoms with Crippen LogP contribution in [0.3, 0.4) is 0 Å². The van der Waals surface area contributed by atoms with E-state index < -0.39 is 0 Å². The van der Waals surface area contributed by atoms with E-state index in [1.54, 1.807) is 0 Å². The summed E-state index contributed by atoms with van der Waals surface area (Å²) in [6.07, 6.45) is 2.35. The fourth-order valence-electron chi connectivity index (χ4n) is 1.95. The third-order valence-corrected chi connectivity index (χ3v) is 3.07. The van der Waals surface area contributed by atoms with Crippen molar-refractivity contribution in [3.8, 4) is 0 Å². The minimum atomic E-state index is 0.425. The normalized spacial score (nSPS) is 21.1. The van der Waals surface area contributed by atoms with Gasteiger partial charge in [0.25, 0.3) is 0 Å². The lowest BCUT2D eigenvalue weighted by molar-refractivity contribution is 0.722. The SMILES string of the molecule is CC1=NC(c2ccc(C)c(C)c2)CC1. The minimum Gasteiger partial charge on any atom is -0.286 e. The molecule has 14 heavy (non-hydrogen) atoms. The molecule has 0 spiro atoms. The van der Waals surface area contributed by atoms with Crippen LogP contribution in [0.15, 0.2) is 23.2 Å². The fraction of sp³-hybridized carbons (Fsp3) is 0.462. The molecule has 2 rings (SSSR count). The zero-order valence-electron chi connectivity index (χ0n) is 9.17. The highest BCUT2D eigenvalue weighted by Gasteiger charge is 2.16. The minimum absolute atomic E-state index is 0.425. The molecule has 0 amide bonds. The topological polar surface area (TPSA) is 12.4 Å². The van der Waals surface area contributed by atoms with E-state index in [2.05, 4.69) is 44.0 Å². The summed E-state index contributed by atoms with van der Waals surface area (Å²) in [6.45, 7) is 6.45. The largest absolute Gasteiger partial charge is 0.286 e. The maximum absolute atomic E-state index is 4.65. The Morgan fingerprint density at radius 2 is 1.93 bits per heavy atom. The van der Waals surface area contributed by atoms with Gasteiger partial charge < -0.3 is 0 Å². The van der Waals surface area contributed by atoms with Gasteiger partial charge in [0.15, 0.2) is 0 Å². The smallest absolute Gasteiger partial charge is 0.0751 e. The molecule has 1 atom stereocenters. The molecule has 1 aromatic rings. The Bertz CT molecular complexity index is 377. The van der Waals surface area contributed by atoms with E-state index in [1.165, 1.54) is 28.8 Å². The molecule has 0 bridgehead atoms. The van der Waals surface area contributed by atoms with E-state index in [9.17, 15) is 0 Å². The van der Waals surface area contributed by atoms with Gasteiger partial charge in [0.1, 0.15) is 0 Å². The first-order valence-corrected chi connectivity index (χ1v) is 5.27. The third-order valence-electron chi connectivity index (χ3n) is 3.07. The van der Waals surface area contributed by atoms with Gasteiger partial charge in [-0.25, -0.2) is 0 Å². The Morgan fingerprint density at radius 1 is 1.14 bits per heavy atom. The van der Waals surface area contributed by atoms with Gasteiger partial charge in [0.2, 0.25) is 0 Å². The van der Waals surface area contributed by atoms with Crippen molar-refractivity contribution >= 4 is 5.71 Å². The lowest BCUT2D eigenvalue weighted by Crippen LogP contribution is -1.92. The van der Waals surface area contributed by atoms with Gasteiger partial charge in [-0.3, -0.25) is 4.99 Å². The molecule has 0 N–H and O–H groups in total. The first kappa shape index (κ1) is 9.45. The average Bonchev–Trinajstić information content (AvgIpc) is 2.57. The summed E-state index contributed by atoms with van der Waals surface area (Å²) in [7, 11) is 0. The summed E-state index contributed by atoms with van der Waals surface area (Å²) in [4.78, 5) is 4.65. The Morgan fingerprint density at radius 3 is 2.50 bits per heavy atom. The predicted octanol–water partition coefficient (Wildman–Crippen LogP) is 3.60. The second-order valence-electron chi connectivity index (χ2n) is 4.26. The molecule has 1 nitrogen and oxygen atoms in total. The van der Waals surface area contributed by atoms with E-state index in [0.717, 1.165) is 6.42 Å². The third kappa shape index (κ3) is 1.72. The Balaban J connectivity index is 2.29. The van der Waals surface area contributed by atoms with E-state index in [-0.39, 0.29) is 0 Å². The van der Waals surface area contributed by atoms with Crippen LogP contribution >= 0.6 is 0 Å². The van der Waals surface area contributed by atoms with E-state index in [1.807, 2.05) is 0 Å². The van der Waals surface area contributed by atoms with Crippen molar-refractivity contribution in [3.05, 3.63) is 34.9 Å². The average molecular weight is 187 g/mol. The summed E-state index contributed by atoms with van der Waals surface area (Å²) < 4.78 is 0. The molecule has 0 saturated heterocycles. The number of nitrogens with zero attached hydrogens (tertiary/aromatic N) is 1. The molecule has 1 heteroatoms. The standard InChI is InChI=1S/C13H17N/c1-9-4-6-12(8-10(9)2)13-7-5-11(3)14-13/h4,6,8,13H,5,7H2,1-3H3. The summed E-state index contributed by atoms with van der Waals surface area (Å²) in [5.74, 6) is 0. The highest BCUT2D eigenvalue weighted by molar-refractivity contribution is 5.83. The quantitative estimate of drug-likeness (QED) is 0.637. The zero-order valence-corrected chi connectivity index (χ0v) is 9.17. The number of rotatable bonds is 1. The molecule has 74 valence electrons. The van der Waals surface area contributed by atoms with Crippen LogP contribution in [0.2, 0.25) is 0 Å². The van der Waals surface area contributed by atoms with Crippen molar-refractivity contribution < 1.29 is 0 Å².